The topological polar surface area (TPSA) is 148 Å². The molecule has 13 nitrogen and oxygen atoms in total. The lowest BCUT2D eigenvalue weighted by atomic mass is 10.0. The van der Waals surface area contributed by atoms with Crippen LogP contribution in [0.2, 0.25) is 0 Å². The molecule has 254 valence electrons. The van der Waals surface area contributed by atoms with E-state index in [1.807, 2.05) is 11.1 Å². The van der Waals surface area contributed by atoms with Crippen LogP contribution in [0.25, 0.3) is 33.2 Å². The fourth-order valence-electron chi connectivity index (χ4n) is 5.81. The van der Waals surface area contributed by atoms with E-state index in [1.54, 1.807) is 80.2 Å². The Kier molecular flexibility index (Phi) is 8.36. The Morgan fingerprint density at radius 2 is 1.84 bits per heavy atom. The summed E-state index contributed by atoms with van der Waals surface area (Å²) in [6.45, 7) is 3.86. The van der Waals surface area contributed by atoms with Crippen LogP contribution in [-0.2, 0) is 16.3 Å². The lowest BCUT2D eigenvalue weighted by Gasteiger charge is -2.31. The van der Waals surface area contributed by atoms with Crippen LogP contribution in [0.1, 0.15) is 0 Å². The molecular weight excluding hydrogens is 660 g/mol. The Bertz CT molecular complexity index is 2210. The Morgan fingerprint density at radius 3 is 2.57 bits per heavy atom. The molecule has 4 aromatic heterocycles. The molecule has 0 atom stereocenters. The van der Waals surface area contributed by atoms with Crippen molar-refractivity contribution < 1.29 is 27.2 Å². The van der Waals surface area contributed by atoms with Crippen molar-refractivity contribution in [3.63, 3.8) is 0 Å². The number of halogens is 3. The van der Waals surface area contributed by atoms with Crippen LogP contribution >= 0.6 is 7.14 Å². The van der Waals surface area contributed by atoms with Crippen molar-refractivity contribution in [1.29, 1.82) is 0 Å². The number of hydrogen-bond acceptors (Lipinski definition) is 11. The number of aryl methyl sites for hydroxylation is 1. The highest BCUT2D eigenvalue weighted by Gasteiger charge is 2.30. The summed E-state index contributed by atoms with van der Waals surface area (Å²) in [6.07, 6.45) is 3.76. The van der Waals surface area contributed by atoms with Gasteiger partial charge in [0.15, 0.2) is 6.61 Å². The highest BCUT2D eigenvalue weighted by molar-refractivity contribution is 7.71. The number of ether oxygens (including phenoxy) is 2. The van der Waals surface area contributed by atoms with Gasteiger partial charge in [-0.2, -0.15) is 28.2 Å². The fraction of sp³-hybridized carbons (Fsp3) is 0.281. The molecular formula is C32H32F3N10O3P. The van der Waals surface area contributed by atoms with Crippen LogP contribution in [0.5, 0.6) is 5.75 Å². The molecule has 17 heteroatoms. The van der Waals surface area contributed by atoms with Crippen LogP contribution in [0.15, 0.2) is 61.3 Å². The molecule has 49 heavy (non-hydrogen) atoms. The predicted molar refractivity (Wildman–Crippen MR) is 182 cm³/mol. The molecule has 0 saturated carbocycles. The van der Waals surface area contributed by atoms with E-state index in [4.69, 9.17) is 14.5 Å². The number of aromatic nitrogens is 7. The molecule has 7 rings (SSSR count). The van der Waals surface area contributed by atoms with Crippen LogP contribution in [-0.4, -0.2) is 87.1 Å². The molecule has 0 amide bonds. The van der Waals surface area contributed by atoms with Gasteiger partial charge in [-0.05, 0) is 37.6 Å². The lowest BCUT2D eigenvalue weighted by Crippen LogP contribution is -2.36. The number of nitrogens with one attached hydrogen (secondary N) is 3. The minimum absolute atomic E-state index is 0.0376. The molecule has 1 saturated heterocycles. The highest BCUT2D eigenvalue weighted by atomic mass is 31.2. The molecule has 0 radical (unpaired) electrons. The third kappa shape index (κ3) is 6.87. The zero-order valence-electron chi connectivity index (χ0n) is 26.7. The Balaban J connectivity index is 1.33. The van der Waals surface area contributed by atoms with Crippen LogP contribution < -0.4 is 25.6 Å². The zero-order valence-corrected chi connectivity index (χ0v) is 27.6. The molecule has 0 bridgehead atoms. The maximum Gasteiger partial charge on any atom is 0.422 e. The van der Waals surface area contributed by atoms with Crippen molar-refractivity contribution >= 4 is 63.3 Å². The Morgan fingerprint density at radius 1 is 1.04 bits per heavy atom. The smallest absolute Gasteiger partial charge is 0.422 e. The maximum atomic E-state index is 13.6. The van der Waals surface area contributed by atoms with Crippen molar-refractivity contribution in [2.75, 3.05) is 61.8 Å². The average Bonchev–Trinajstić information content (AvgIpc) is 3.72. The largest absolute Gasteiger partial charge is 0.482 e. The normalized spacial score (nSPS) is 14.0. The average molecular weight is 693 g/mol. The number of fused-ring (bicyclic) bond motifs is 2. The second kappa shape index (κ2) is 12.7. The van der Waals surface area contributed by atoms with Crippen molar-refractivity contribution in [3.8, 4) is 16.9 Å². The molecule has 0 unspecified atom stereocenters. The maximum absolute atomic E-state index is 13.6. The molecule has 2 aromatic carbocycles. The molecule has 1 aliphatic heterocycles. The van der Waals surface area contributed by atoms with Crippen molar-refractivity contribution in [1.82, 2.24) is 34.7 Å². The van der Waals surface area contributed by atoms with Crippen LogP contribution in [0, 0.1) is 0 Å². The third-order valence-corrected chi connectivity index (χ3v) is 9.45. The number of H-pyrrole nitrogens is 1. The summed E-state index contributed by atoms with van der Waals surface area (Å²) in [5.41, 5.74) is 4.45. The number of hydrogen-bond donors (Lipinski definition) is 3. The van der Waals surface area contributed by atoms with E-state index in [2.05, 4.69) is 35.7 Å². The van der Waals surface area contributed by atoms with E-state index < -0.39 is 19.9 Å². The number of nitrogens with zero attached hydrogens (tertiary/aromatic N) is 7. The van der Waals surface area contributed by atoms with E-state index in [0.717, 1.165) is 11.1 Å². The van der Waals surface area contributed by atoms with E-state index in [9.17, 15) is 17.7 Å². The minimum atomic E-state index is -4.57. The highest BCUT2D eigenvalue weighted by Crippen LogP contribution is 2.43. The van der Waals surface area contributed by atoms with E-state index >= 15 is 0 Å². The van der Waals surface area contributed by atoms with Gasteiger partial charge in [-0.3, -0.25) is 14.6 Å². The summed E-state index contributed by atoms with van der Waals surface area (Å²) in [6, 6.07) is 8.64. The fourth-order valence-corrected chi connectivity index (χ4v) is 7.20. The second-order valence-electron chi connectivity index (χ2n) is 11.9. The van der Waals surface area contributed by atoms with Crippen LogP contribution in [0.4, 0.5) is 42.0 Å². The number of aromatic amines is 1. The summed E-state index contributed by atoms with van der Waals surface area (Å²) in [5, 5.41) is 11.9. The molecule has 0 spiro atoms. The summed E-state index contributed by atoms with van der Waals surface area (Å²) in [7, 11) is -1.10. The Labute approximate surface area is 278 Å². The molecule has 1 fully saturated rings. The molecule has 0 aliphatic carbocycles. The van der Waals surface area contributed by atoms with Gasteiger partial charge in [0, 0.05) is 67.8 Å². The molecule has 1 aliphatic rings. The van der Waals surface area contributed by atoms with Gasteiger partial charge in [0.25, 0.3) is 0 Å². The lowest BCUT2D eigenvalue weighted by molar-refractivity contribution is -0.153. The summed E-state index contributed by atoms with van der Waals surface area (Å²) >= 11 is 0. The number of rotatable bonds is 9. The first kappa shape index (κ1) is 32.3. The van der Waals surface area contributed by atoms with Gasteiger partial charge in [0.05, 0.1) is 47.0 Å². The van der Waals surface area contributed by atoms with Gasteiger partial charge in [-0.15, -0.1) is 0 Å². The number of morpholine rings is 1. The van der Waals surface area contributed by atoms with Crippen LogP contribution in [0.3, 0.4) is 0 Å². The first-order valence-corrected chi connectivity index (χ1v) is 17.9. The standard InChI is InChI=1S/C32H32F3N10O3P/c1-44-17-19(16-39-44)21-14-24(26(48-18-32(33,34)35)15-25(21)45-10-12-47-13-11-45)41-31-42-29-20(6-7-38-29)30(43-31)40-23-5-4-22-27(37-9-8-36-22)28(23)49(2,3)46/h4-9,14-17H,10-13,18H2,1-3H3,(H3,38,40,41,42,43). The van der Waals surface area contributed by atoms with Crippen molar-refractivity contribution in [3.05, 3.63) is 61.3 Å². The first-order valence-electron chi connectivity index (χ1n) is 15.3. The molecule has 5 heterocycles. The SMILES string of the molecule is Cn1cc(-c2cc(Nc3nc(Nc4ccc5nccnc5c4P(C)(C)=O)c4cc[nH]c4n3)c(OCC(F)(F)F)cc2N2CCOCC2)cn1. The minimum Gasteiger partial charge on any atom is -0.482 e. The van der Waals surface area contributed by atoms with Gasteiger partial charge < -0.3 is 34.6 Å². The number of alkyl halides is 3. The second-order valence-corrected chi connectivity index (χ2v) is 15.0. The van der Waals surface area contributed by atoms with E-state index in [1.165, 1.54) is 0 Å². The molecule has 3 N–H and O–H groups in total. The van der Waals surface area contributed by atoms with Crippen molar-refractivity contribution in [2.24, 2.45) is 7.05 Å². The summed E-state index contributed by atoms with van der Waals surface area (Å²) in [5.74, 6) is 0.398. The number of anilines is 5. The van der Waals surface area contributed by atoms with Gasteiger partial charge in [0.1, 0.15) is 29.9 Å². The quantitative estimate of drug-likeness (QED) is 0.158. The first-order chi connectivity index (χ1) is 23.4. The predicted octanol–water partition coefficient (Wildman–Crippen LogP) is 5.81. The monoisotopic (exact) mass is 692 g/mol. The van der Waals surface area contributed by atoms with E-state index in [0.29, 0.717) is 70.9 Å². The zero-order chi connectivity index (χ0) is 34.3. The Hall–Kier alpha value is -5.21. The van der Waals surface area contributed by atoms with Gasteiger partial charge >= 0.3 is 6.18 Å². The van der Waals surface area contributed by atoms with Gasteiger partial charge in [-0.25, -0.2) is 0 Å². The number of benzene rings is 2. The summed E-state index contributed by atoms with van der Waals surface area (Å²) in [4.78, 5) is 23.3. The van der Waals surface area contributed by atoms with Gasteiger partial charge in [0.2, 0.25) is 5.95 Å². The third-order valence-electron chi connectivity index (χ3n) is 7.92. The summed E-state index contributed by atoms with van der Waals surface area (Å²) < 4.78 is 66.5. The van der Waals surface area contributed by atoms with E-state index in [-0.39, 0.29) is 17.4 Å². The van der Waals surface area contributed by atoms with Crippen molar-refractivity contribution in [2.45, 2.75) is 6.18 Å². The van der Waals surface area contributed by atoms with Gasteiger partial charge in [-0.1, -0.05) is 0 Å². The molecule has 6 aromatic rings.